The van der Waals surface area contributed by atoms with Crippen molar-refractivity contribution in [1.82, 2.24) is 0 Å². The Morgan fingerprint density at radius 1 is 1.03 bits per heavy atom. The summed E-state index contributed by atoms with van der Waals surface area (Å²) in [4.78, 5) is 21.7. The molecule has 0 N–H and O–H groups in total. The van der Waals surface area contributed by atoms with Gasteiger partial charge in [-0.15, -0.1) is 23.4 Å². The first-order chi connectivity index (χ1) is 13.9. The number of hydrogen-bond donors (Lipinski definition) is 0. The first kappa shape index (κ1) is 19.8. The minimum absolute atomic E-state index is 0.0438. The Labute approximate surface area is 175 Å². The summed E-state index contributed by atoms with van der Waals surface area (Å²) >= 11 is 8.00. The summed E-state index contributed by atoms with van der Waals surface area (Å²) in [5.41, 5.74) is 1.45. The molecule has 2 aromatic rings. The van der Waals surface area contributed by atoms with Crippen LogP contribution in [0.3, 0.4) is 0 Å². The van der Waals surface area contributed by atoms with E-state index in [9.17, 15) is 20.2 Å². The Bertz CT molecular complexity index is 1020. The summed E-state index contributed by atoms with van der Waals surface area (Å²) in [7, 11) is 3.20. The molecule has 1 saturated carbocycles. The van der Waals surface area contributed by atoms with E-state index in [1.54, 1.807) is 14.2 Å². The molecule has 29 heavy (non-hydrogen) atoms. The van der Waals surface area contributed by atoms with Crippen molar-refractivity contribution in [3.05, 3.63) is 61.7 Å². The van der Waals surface area contributed by atoms with Crippen molar-refractivity contribution in [2.24, 2.45) is 0 Å². The lowest BCUT2D eigenvalue weighted by Crippen LogP contribution is -2.14. The molecule has 152 valence electrons. The van der Waals surface area contributed by atoms with Crippen molar-refractivity contribution < 1.29 is 19.3 Å². The van der Waals surface area contributed by atoms with Gasteiger partial charge in [0, 0.05) is 39.7 Å². The van der Waals surface area contributed by atoms with Gasteiger partial charge in [0.1, 0.15) is 11.5 Å². The molecule has 2 aliphatic carbocycles. The SMILES string of the molecule is COc1ccc(OC)c2c1[C@@H]1C(Sc3ccc([N+](=O)[O-])cc3[N+](=O)[O-])[C@H]2C[C@@H]1Cl. The molecule has 0 radical (unpaired) electrons. The monoisotopic (exact) mass is 436 g/mol. The number of benzene rings is 2. The van der Waals surface area contributed by atoms with Crippen LogP contribution in [0.2, 0.25) is 0 Å². The van der Waals surface area contributed by atoms with Crippen molar-refractivity contribution in [2.75, 3.05) is 14.2 Å². The molecule has 2 aromatic carbocycles. The van der Waals surface area contributed by atoms with Gasteiger partial charge in [0.05, 0.1) is 35.0 Å². The lowest BCUT2D eigenvalue weighted by molar-refractivity contribution is -0.396. The minimum atomic E-state index is -0.638. The molecular formula is C19H17ClN2O6S. The van der Waals surface area contributed by atoms with Crippen LogP contribution in [0.5, 0.6) is 11.5 Å². The Morgan fingerprint density at radius 3 is 2.28 bits per heavy atom. The van der Waals surface area contributed by atoms with Crippen molar-refractivity contribution in [3.8, 4) is 11.5 Å². The number of nitro benzene ring substituents is 2. The van der Waals surface area contributed by atoms with Gasteiger partial charge in [0.2, 0.25) is 0 Å². The number of rotatable bonds is 6. The second-order valence-corrected chi connectivity index (χ2v) is 8.71. The summed E-state index contributed by atoms with van der Waals surface area (Å²) in [6.45, 7) is 0. The van der Waals surface area contributed by atoms with Gasteiger partial charge in [-0.1, -0.05) is 0 Å². The largest absolute Gasteiger partial charge is 0.496 e. The van der Waals surface area contributed by atoms with Gasteiger partial charge < -0.3 is 9.47 Å². The highest BCUT2D eigenvalue weighted by Crippen LogP contribution is 2.65. The Balaban J connectivity index is 1.77. The molecule has 0 heterocycles. The number of thioether (sulfide) groups is 1. The molecule has 2 aliphatic rings. The van der Waals surface area contributed by atoms with E-state index in [1.807, 2.05) is 12.1 Å². The number of ether oxygens (including phenoxy) is 2. The van der Waals surface area contributed by atoms with Crippen LogP contribution in [0.25, 0.3) is 0 Å². The molecule has 0 aliphatic heterocycles. The van der Waals surface area contributed by atoms with Crippen LogP contribution < -0.4 is 9.47 Å². The Kier molecular flexibility index (Phi) is 5.04. The maximum atomic E-state index is 11.5. The van der Waals surface area contributed by atoms with Crippen LogP contribution in [0.1, 0.15) is 29.4 Å². The third-order valence-corrected chi connectivity index (χ3v) is 7.53. The molecule has 0 saturated heterocycles. The predicted molar refractivity (Wildman–Crippen MR) is 109 cm³/mol. The molecular weight excluding hydrogens is 420 g/mol. The van der Waals surface area contributed by atoms with Gasteiger partial charge >= 0.3 is 0 Å². The zero-order valence-corrected chi connectivity index (χ0v) is 17.1. The molecule has 4 rings (SSSR count). The fraction of sp³-hybridized carbons (Fsp3) is 0.368. The van der Waals surface area contributed by atoms with E-state index >= 15 is 0 Å². The van der Waals surface area contributed by atoms with Crippen LogP contribution in [-0.4, -0.2) is 34.7 Å². The maximum absolute atomic E-state index is 11.5. The average molecular weight is 437 g/mol. The zero-order chi connectivity index (χ0) is 20.9. The Hall–Kier alpha value is -2.52. The Morgan fingerprint density at radius 2 is 1.69 bits per heavy atom. The third-order valence-electron chi connectivity index (χ3n) is 5.58. The van der Waals surface area contributed by atoms with Crippen LogP contribution in [0, 0.1) is 20.2 Å². The van der Waals surface area contributed by atoms with Gasteiger partial charge in [-0.05, 0) is 24.6 Å². The highest BCUT2D eigenvalue weighted by Gasteiger charge is 2.54. The second kappa shape index (κ2) is 7.38. The number of non-ortho nitro benzene ring substituents is 1. The summed E-state index contributed by atoms with van der Waals surface area (Å²) in [6, 6.07) is 7.45. The van der Waals surface area contributed by atoms with Crippen molar-refractivity contribution >= 4 is 34.7 Å². The van der Waals surface area contributed by atoms with Gasteiger partial charge in [-0.3, -0.25) is 20.2 Å². The minimum Gasteiger partial charge on any atom is -0.496 e. The third kappa shape index (κ3) is 3.08. The summed E-state index contributed by atoms with van der Waals surface area (Å²) < 4.78 is 11.1. The molecule has 0 aromatic heterocycles. The van der Waals surface area contributed by atoms with E-state index < -0.39 is 9.85 Å². The fourth-order valence-corrected chi connectivity index (χ4v) is 6.59. The molecule has 1 unspecified atom stereocenters. The second-order valence-electron chi connectivity index (χ2n) is 6.93. The molecule has 10 heteroatoms. The zero-order valence-electron chi connectivity index (χ0n) is 15.5. The molecule has 2 bridgehead atoms. The van der Waals surface area contributed by atoms with Gasteiger partial charge in [-0.2, -0.15) is 0 Å². The summed E-state index contributed by atoms with van der Waals surface area (Å²) in [5.74, 6) is 1.45. The highest BCUT2D eigenvalue weighted by atomic mass is 35.5. The van der Waals surface area contributed by atoms with E-state index in [4.69, 9.17) is 21.1 Å². The van der Waals surface area contributed by atoms with Crippen molar-refractivity contribution in [2.45, 2.75) is 33.8 Å². The van der Waals surface area contributed by atoms with E-state index in [1.165, 1.54) is 23.9 Å². The van der Waals surface area contributed by atoms with Crippen LogP contribution >= 0.6 is 23.4 Å². The van der Waals surface area contributed by atoms with Gasteiger partial charge in [0.25, 0.3) is 11.4 Å². The van der Waals surface area contributed by atoms with Crippen LogP contribution in [0.4, 0.5) is 11.4 Å². The molecule has 4 atom stereocenters. The predicted octanol–water partition coefficient (Wildman–Crippen LogP) is 4.87. The molecule has 0 amide bonds. The smallest absolute Gasteiger partial charge is 0.289 e. The number of fused-ring (bicyclic) bond motifs is 5. The number of hydrogen-bond acceptors (Lipinski definition) is 7. The topological polar surface area (TPSA) is 105 Å². The lowest BCUT2D eigenvalue weighted by atomic mass is 9.90. The quantitative estimate of drug-likeness (QED) is 0.361. The van der Waals surface area contributed by atoms with Crippen molar-refractivity contribution in [1.29, 1.82) is 0 Å². The van der Waals surface area contributed by atoms with E-state index in [0.29, 0.717) is 4.90 Å². The highest BCUT2D eigenvalue weighted by molar-refractivity contribution is 8.00. The number of nitro groups is 2. The fourth-order valence-electron chi connectivity index (χ4n) is 4.45. The first-order valence-electron chi connectivity index (χ1n) is 8.85. The first-order valence-corrected chi connectivity index (χ1v) is 10.2. The van der Waals surface area contributed by atoms with E-state index in [0.717, 1.165) is 35.1 Å². The van der Waals surface area contributed by atoms with Crippen LogP contribution in [0.15, 0.2) is 35.2 Å². The lowest BCUT2D eigenvalue weighted by Gasteiger charge is -2.23. The van der Waals surface area contributed by atoms with E-state index in [-0.39, 0.29) is 33.8 Å². The standard InChI is InChI=1S/C19H17ClN2O6S/c1-27-13-4-5-14(28-2)18-16(13)10-8-11(20)17(18)19(10)29-15-6-3-9(21(23)24)7-12(15)22(25)26/h3-7,10-11,17,19H,8H2,1-2H3/t10-,11-,17+,19?/m0/s1. The molecule has 8 nitrogen and oxygen atoms in total. The van der Waals surface area contributed by atoms with E-state index in [2.05, 4.69) is 0 Å². The normalized spacial score (nSPS) is 24.2. The van der Waals surface area contributed by atoms with Gasteiger partial charge in [-0.25, -0.2) is 0 Å². The summed E-state index contributed by atoms with van der Waals surface area (Å²) in [5, 5.41) is 22.4. The average Bonchev–Trinajstić information content (AvgIpc) is 3.18. The molecule has 0 spiro atoms. The number of methoxy groups -OCH3 is 2. The number of alkyl halides is 1. The van der Waals surface area contributed by atoms with Crippen molar-refractivity contribution in [3.63, 3.8) is 0 Å². The maximum Gasteiger partial charge on any atom is 0.289 e. The number of nitrogens with zero attached hydrogens (tertiary/aromatic N) is 2. The van der Waals surface area contributed by atoms with Gasteiger partial charge in [0.15, 0.2) is 0 Å². The number of halogens is 1. The molecule has 1 fully saturated rings. The van der Waals surface area contributed by atoms with Crippen LogP contribution in [-0.2, 0) is 0 Å². The summed E-state index contributed by atoms with van der Waals surface area (Å²) in [6.07, 6.45) is 0.723.